The number of benzodiazepines with no additional fused rings is 1. The molecule has 0 spiro atoms. The van der Waals surface area contributed by atoms with Gasteiger partial charge in [0.1, 0.15) is 24.7 Å². The highest BCUT2D eigenvalue weighted by Crippen LogP contribution is 2.31. The number of hydrogen-bond acceptors (Lipinski definition) is 4. The van der Waals surface area contributed by atoms with Gasteiger partial charge in [-0.05, 0) is 30.3 Å². The van der Waals surface area contributed by atoms with Gasteiger partial charge in [0.15, 0.2) is 0 Å². The number of benzene rings is 2. The minimum atomic E-state index is -0.816. The van der Waals surface area contributed by atoms with E-state index in [0.29, 0.717) is 5.02 Å². The van der Waals surface area contributed by atoms with E-state index in [9.17, 15) is 18.4 Å². The predicted molar refractivity (Wildman–Crippen MR) is 92.7 cm³/mol. The van der Waals surface area contributed by atoms with Gasteiger partial charge in [-0.1, -0.05) is 17.7 Å². The van der Waals surface area contributed by atoms with Crippen LogP contribution in [0.1, 0.15) is 11.1 Å². The van der Waals surface area contributed by atoms with E-state index in [4.69, 9.17) is 11.6 Å². The topological polar surface area (TPSA) is 59.0 Å². The van der Waals surface area contributed by atoms with Crippen molar-refractivity contribution in [3.8, 4) is 0 Å². The number of amides is 1. The second-order valence-corrected chi connectivity index (χ2v) is 5.92. The van der Waals surface area contributed by atoms with Crippen molar-refractivity contribution in [1.29, 1.82) is 0 Å². The van der Waals surface area contributed by atoms with Crippen molar-refractivity contribution in [2.45, 2.75) is 0 Å². The van der Waals surface area contributed by atoms with Gasteiger partial charge in [-0.2, -0.15) is 0 Å². The first kappa shape index (κ1) is 18.0. The summed E-state index contributed by atoms with van der Waals surface area (Å²) in [5.41, 5.74) is 0.113. The Morgan fingerprint density at radius 2 is 1.96 bits per heavy atom. The van der Waals surface area contributed by atoms with E-state index in [1.54, 1.807) is 0 Å². The molecular weight excluding hydrogens is 366 g/mol. The van der Waals surface area contributed by atoms with Crippen LogP contribution in [0.2, 0.25) is 5.02 Å². The first-order valence-corrected chi connectivity index (χ1v) is 7.96. The van der Waals surface area contributed by atoms with Crippen LogP contribution >= 0.6 is 11.6 Å². The number of carbonyl (C=O) groups is 2. The lowest BCUT2D eigenvalue weighted by molar-refractivity contribution is -0.139. The number of hydrogen-bond donors (Lipinski definition) is 0. The Hall–Kier alpha value is -2.80. The van der Waals surface area contributed by atoms with Gasteiger partial charge in [-0.3, -0.25) is 19.5 Å². The van der Waals surface area contributed by atoms with Gasteiger partial charge in [0.05, 0.1) is 24.1 Å². The summed E-state index contributed by atoms with van der Waals surface area (Å²) in [6.07, 6.45) is 0. The van der Waals surface area contributed by atoms with Gasteiger partial charge in [0.25, 0.3) is 0 Å². The molecule has 134 valence electrons. The van der Waals surface area contributed by atoms with Crippen LogP contribution in [-0.2, 0) is 14.3 Å². The van der Waals surface area contributed by atoms with Crippen LogP contribution < -0.4 is 4.90 Å². The number of ether oxygens (including phenoxy) is 1. The summed E-state index contributed by atoms with van der Waals surface area (Å²) in [5.74, 6) is -2.78. The zero-order valence-corrected chi connectivity index (χ0v) is 14.4. The standard InChI is InChI=1S/C18H13ClF2N2O3/c1-26-16(25)9-23-14-6-5-10(19)7-11(14)18(22-8-15(23)24)17-12(20)3-2-4-13(17)21/h2-7H,8-9H2,1H3. The number of fused-ring (bicyclic) bond motifs is 1. The summed E-state index contributed by atoms with van der Waals surface area (Å²) in [6, 6.07) is 7.90. The van der Waals surface area contributed by atoms with Gasteiger partial charge < -0.3 is 4.74 Å². The molecule has 0 N–H and O–H groups in total. The van der Waals surface area contributed by atoms with Crippen LogP contribution in [0.4, 0.5) is 14.5 Å². The number of halogens is 3. The van der Waals surface area contributed by atoms with E-state index in [0.717, 1.165) is 17.0 Å². The van der Waals surface area contributed by atoms with Crippen LogP contribution in [0.25, 0.3) is 0 Å². The Kier molecular flexibility index (Phi) is 4.99. The number of nitrogens with zero attached hydrogens (tertiary/aromatic N) is 2. The van der Waals surface area contributed by atoms with Crippen LogP contribution in [0.5, 0.6) is 0 Å². The molecule has 0 saturated carbocycles. The number of esters is 1. The number of methoxy groups -OCH3 is 1. The largest absolute Gasteiger partial charge is 0.468 e. The molecule has 0 atom stereocenters. The van der Waals surface area contributed by atoms with E-state index in [1.807, 2.05) is 0 Å². The minimum absolute atomic E-state index is 0.0428. The van der Waals surface area contributed by atoms with E-state index < -0.39 is 23.5 Å². The summed E-state index contributed by atoms with van der Waals surface area (Å²) in [7, 11) is 1.20. The number of anilines is 1. The number of carbonyl (C=O) groups excluding carboxylic acids is 2. The van der Waals surface area contributed by atoms with Crippen LogP contribution in [-0.4, -0.2) is 37.8 Å². The molecule has 0 aromatic heterocycles. The Balaban J connectivity index is 2.21. The SMILES string of the molecule is COC(=O)CN1C(=O)CN=C(c2c(F)cccc2F)c2cc(Cl)ccc21. The maximum absolute atomic E-state index is 14.3. The van der Waals surface area contributed by atoms with Crippen molar-refractivity contribution in [3.05, 3.63) is 64.2 Å². The second kappa shape index (κ2) is 7.21. The maximum atomic E-state index is 14.3. The molecule has 1 aliphatic heterocycles. The fourth-order valence-electron chi connectivity index (χ4n) is 2.69. The van der Waals surface area contributed by atoms with Crippen LogP contribution in [0, 0.1) is 11.6 Å². The summed E-state index contributed by atoms with van der Waals surface area (Å²) >= 11 is 6.04. The summed E-state index contributed by atoms with van der Waals surface area (Å²) < 4.78 is 33.2. The zero-order chi connectivity index (χ0) is 18.8. The average Bonchev–Trinajstić information content (AvgIpc) is 2.73. The minimum Gasteiger partial charge on any atom is -0.468 e. The quantitative estimate of drug-likeness (QED) is 0.771. The van der Waals surface area contributed by atoms with Crippen LogP contribution in [0.15, 0.2) is 41.4 Å². The Morgan fingerprint density at radius 1 is 1.27 bits per heavy atom. The molecule has 5 nitrogen and oxygen atoms in total. The highest BCUT2D eigenvalue weighted by molar-refractivity contribution is 6.32. The van der Waals surface area contributed by atoms with Crippen molar-refractivity contribution < 1.29 is 23.1 Å². The fourth-order valence-corrected chi connectivity index (χ4v) is 2.86. The lowest BCUT2D eigenvalue weighted by atomic mass is 9.99. The smallest absolute Gasteiger partial charge is 0.325 e. The fraction of sp³-hybridized carbons (Fsp3) is 0.167. The third-order valence-electron chi connectivity index (χ3n) is 3.89. The lowest BCUT2D eigenvalue weighted by Crippen LogP contribution is -2.37. The lowest BCUT2D eigenvalue weighted by Gasteiger charge is -2.22. The maximum Gasteiger partial charge on any atom is 0.325 e. The summed E-state index contributed by atoms with van der Waals surface area (Å²) in [5, 5.41) is 0.292. The molecule has 8 heteroatoms. The van der Waals surface area contributed by atoms with E-state index in [-0.39, 0.29) is 35.6 Å². The molecule has 2 aromatic carbocycles. The Morgan fingerprint density at radius 3 is 2.62 bits per heavy atom. The monoisotopic (exact) mass is 378 g/mol. The van der Waals surface area contributed by atoms with Crippen molar-refractivity contribution in [3.63, 3.8) is 0 Å². The third-order valence-corrected chi connectivity index (χ3v) is 4.13. The molecular formula is C18H13ClF2N2O3. The molecule has 1 amide bonds. The first-order chi connectivity index (χ1) is 12.4. The van der Waals surface area contributed by atoms with Gasteiger partial charge in [0.2, 0.25) is 5.91 Å². The molecule has 0 radical (unpaired) electrons. The molecule has 26 heavy (non-hydrogen) atoms. The molecule has 3 rings (SSSR count). The third kappa shape index (κ3) is 3.30. The number of rotatable bonds is 3. The predicted octanol–water partition coefficient (Wildman–Crippen LogP) is 2.98. The van der Waals surface area contributed by atoms with E-state index >= 15 is 0 Å². The molecule has 0 bridgehead atoms. The molecule has 0 saturated heterocycles. The highest BCUT2D eigenvalue weighted by Gasteiger charge is 2.29. The highest BCUT2D eigenvalue weighted by atomic mass is 35.5. The normalized spacial score (nSPS) is 13.8. The van der Waals surface area contributed by atoms with Crippen molar-refractivity contribution >= 4 is 34.9 Å². The van der Waals surface area contributed by atoms with Crippen molar-refractivity contribution in [2.75, 3.05) is 25.1 Å². The molecule has 1 heterocycles. The summed E-state index contributed by atoms with van der Waals surface area (Å²) in [6.45, 7) is -0.737. The Bertz CT molecular complexity index is 910. The van der Waals surface area contributed by atoms with Crippen molar-refractivity contribution in [1.82, 2.24) is 0 Å². The van der Waals surface area contributed by atoms with E-state index in [2.05, 4.69) is 9.73 Å². The molecule has 2 aromatic rings. The first-order valence-electron chi connectivity index (χ1n) is 7.58. The summed E-state index contributed by atoms with van der Waals surface area (Å²) in [4.78, 5) is 29.4. The number of aliphatic imine (C=N–C) groups is 1. The van der Waals surface area contributed by atoms with Gasteiger partial charge in [-0.25, -0.2) is 8.78 Å². The molecule has 0 unspecified atom stereocenters. The van der Waals surface area contributed by atoms with Crippen molar-refractivity contribution in [2.24, 2.45) is 4.99 Å². The zero-order valence-electron chi connectivity index (χ0n) is 13.6. The second-order valence-electron chi connectivity index (χ2n) is 5.48. The van der Waals surface area contributed by atoms with Gasteiger partial charge >= 0.3 is 5.97 Å². The van der Waals surface area contributed by atoms with E-state index in [1.165, 1.54) is 31.4 Å². The average molecular weight is 379 g/mol. The molecule has 1 aliphatic rings. The van der Waals surface area contributed by atoms with Gasteiger partial charge in [0, 0.05) is 10.6 Å². The molecule has 0 fully saturated rings. The Labute approximate surface area is 152 Å². The van der Waals surface area contributed by atoms with Gasteiger partial charge in [-0.15, -0.1) is 0 Å². The molecule has 0 aliphatic carbocycles. The van der Waals surface area contributed by atoms with Crippen LogP contribution in [0.3, 0.4) is 0 Å².